The van der Waals surface area contributed by atoms with Crippen LogP contribution >= 0.6 is 0 Å². The van der Waals surface area contributed by atoms with Crippen molar-refractivity contribution in [1.82, 2.24) is 5.32 Å². The van der Waals surface area contributed by atoms with Crippen molar-refractivity contribution >= 4 is 5.91 Å². The molecule has 0 saturated carbocycles. The topological polar surface area (TPSA) is 38.3 Å². The summed E-state index contributed by atoms with van der Waals surface area (Å²) in [4.78, 5) is 11.8. The zero-order chi connectivity index (χ0) is 15.1. The van der Waals surface area contributed by atoms with Crippen LogP contribution in [0.1, 0.15) is 24.0 Å². The third-order valence-corrected chi connectivity index (χ3v) is 3.48. The molecule has 0 spiro atoms. The highest BCUT2D eigenvalue weighted by molar-refractivity contribution is 5.77. The molecule has 1 atom stereocenters. The van der Waals surface area contributed by atoms with E-state index in [2.05, 4.69) is 29.6 Å². The first-order valence-electron chi connectivity index (χ1n) is 7.10. The first-order chi connectivity index (χ1) is 10.2. The summed E-state index contributed by atoms with van der Waals surface area (Å²) >= 11 is 0. The quantitative estimate of drug-likeness (QED) is 0.885. The molecular weight excluding hydrogens is 262 g/mol. The lowest BCUT2D eigenvalue weighted by molar-refractivity contribution is -0.125. The Kier molecular flexibility index (Phi) is 5.52. The fraction of sp³-hybridized carbons (Fsp3) is 0.278. The van der Waals surface area contributed by atoms with E-state index in [1.54, 1.807) is 0 Å². The summed E-state index contributed by atoms with van der Waals surface area (Å²) in [6.07, 6.45) is 0. The number of nitrogens with one attached hydrogen (secondary N) is 1. The Labute approximate surface area is 126 Å². The molecule has 0 aliphatic rings. The van der Waals surface area contributed by atoms with E-state index in [9.17, 15) is 4.79 Å². The van der Waals surface area contributed by atoms with Gasteiger partial charge < -0.3 is 10.1 Å². The largest absolute Gasteiger partial charge is 0.375 e. The van der Waals surface area contributed by atoms with Crippen LogP contribution in [-0.2, 0) is 9.53 Å². The number of amides is 1. The molecule has 0 heterocycles. The zero-order valence-corrected chi connectivity index (χ0v) is 12.5. The van der Waals surface area contributed by atoms with Gasteiger partial charge in [-0.3, -0.25) is 4.79 Å². The second-order valence-corrected chi connectivity index (χ2v) is 5.09. The third-order valence-electron chi connectivity index (χ3n) is 3.48. The summed E-state index contributed by atoms with van der Waals surface area (Å²) in [7, 11) is 1.52. The van der Waals surface area contributed by atoms with Crippen LogP contribution in [0.3, 0.4) is 0 Å². The van der Waals surface area contributed by atoms with E-state index in [1.165, 1.54) is 18.2 Å². The Morgan fingerprint density at radius 3 is 1.90 bits per heavy atom. The van der Waals surface area contributed by atoms with Crippen molar-refractivity contribution in [2.45, 2.75) is 18.9 Å². The van der Waals surface area contributed by atoms with Gasteiger partial charge in [0.2, 0.25) is 5.91 Å². The van der Waals surface area contributed by atoms with E-state index in [0.29, 0.717) is 0 Å². The fourth-order valence-corrected chi connectivity index (χ4v) is 2.60. The van der Waals surface area contributed by atoms with E-state index in [0.717, 1.165) is 0 Å². The predicted octanol–water partition coefficient (Wildman–Crippen LogP) is 2.97. The molecule has 0 aliphatic heterocycles. The summed E-state index contributed by atoms with van der Waals surface area (Å²) in [6.45, 7) is 2.11. The average molecular weight is 283 g/mol. The molecule has 0 fully saturated rings. The van der Waals surface area contributed by atoms with Crippen molar-refractivity contribution in [2.75, 3.05) is 13.7 Å². The van der Waals surface area contributed by atoms with Crippen LogP contribution in [-0.4, -0.2) is 25.7 Å². The summed E-state index contributed by atoms with van der Waals surface area (Å²) in [6, 6.07) is 20.4. The Morgan fingerprint density at radius 2 is 1.48 bits per heavy atom. The fourth-order valence-electron chi connectivity index (χ4n) is 2.60. The number of hydrogen-bond donors (Lipinski definition) is 1. The molecule has 0 radical (unpaired) electrons. The molecule has 1 amide bonds. The lowest BCUT2D eigenvalue weighted by atomic mass is 9.86. The molecule has 0 saturated heterocycles. The summed E-state index contributed by atoms with van der Waals surface area (Å²) < 4.78 is 4.88. The van der Waals surface area contributed by atoms with Gasteiger partial charge in [-0.25, -0.2) is 0 Å². The van der Waals surface area contributed by atoms with Crippen LogP contribution in [0.15, 0.2) is 60.7 Å². The maximum absolute atomic E-state index is 11.8. The zero-order valence-electron chi connectivity index (χ0n) is 12.5. The van der Waals surface area contributed by atoms with Crippen LogP contribution in [0.5, 0.6) is 0 Å². The van der Waals surface area contributed by atoms with Crippen molar-refractivity contribution in [3.8, 4) is 0 Å². The van der Waals surface area contributed by atoms with E-state index in [-0.39, 0.29) is 24.5 Å². The minimum atomic E-state index is -0.0955. The minimum Gasteiger partial charge on any atom is -0.375 e. The lowest BCUT2D eigenvalue weighted by Crippen LogP contribution is -2.39. The van der Waals surface area contributed by atoms with E-state index >= 15 is 0 Å². The molecule has 21 heavy (non-hydrogen) atoms. The van der Waals surface area contributed by atoms with E-state index in [1.807, 2.05) is 43.3 Å². The van der Waals surface area contributed by atoms with E-state index in [4.69, 9.17) is 4.74 Å². The van der Waals surface area contributed by atoms with Gasteiger partial charge in [-0.05, 0) is 18.1 Å². The number of rotatable bonds is 6. The molecule has 1 N–H and O–H groups in total. The van der Waals surface area contributed by atoms with Gasteiger partial charge in [-0.15, -0.1) is 0 Å². The molecule has 2 aromatic carbocycles. The lowest BCUT2D eigenvalue weighted by Gasteiger charge is -2.26. The van der Waals surface area contributed by atoms with Gasteiger partial charge in [0.25, 0.3) is 0 Å². The van der Waals surface area contributed by atoms with Gasteiger partial charge in [-0.1, -0.05) is 60.7 Å². The third kappa shape index (κ3) is 4.17. The summed E-state index contributed by atoms with van der Waals surface area (Å²) in [5.74, 6) is 0.0232. The van der Waals surface area contributed by atoms with Crippen molar-refractivity contribution in [1.29, 1.82) is 0 Å². The number of carbonyl (C=O) groups is 1. The minimum absolute atomic E-state index is 0.0163. The second kappa shape index (κ2) is 7.60. The van der Waals surface area contributed by atoms with Crippen LogP contribution in [0, 0.1) is 0 Å². The molecule has 0 bridgehead atoms. The normalized spacial score (nSPS) is 12.1. The number of carbonyl (C=O) groups excluding carboxylic acids is 1. The summed E-state index contributed by atoms with van der Waals surface area (Å²) in [5, 5.41) is 3.01. The molecular formula is C18H21NO2. The SMILES string of the molecule is COCC(=O)NC(C)C(c1ccccc1)c1ccccc1. The summed E-state index contributed by atoms with van der Waals surface area (Å²) in [5.41, 5.74) is 2.38. The average Bonchev–Trinajstić information content (AvgIpc) is 2.50. The Hall–Kier alpha value is -2.13. The molecule has 2 rings (SSSR count). The molecule has 0 aromatic heterocycles. The Morgan fingerprint density at radius 1 is 1.00 bits per heavy atom. The van der Waals surface area contributed by atoms with Gasteiger partial charge in [0.05, 0.1) is 0 Å². The predicted molar refractivity (Wildman–Crippen MR) is 84.2 cm³/mol. The number of methoxy groups -OCH3 is 1. The highest BCUT2D eigenvalue weighted by atomic mass is 16.5. The van der Waals surface area contributed by atoms with Crippen molar-refractivity contribution in [2.24, 2.45) is 0 Å². The smallest absolute Gasteiger partial charge is 0.246 e. The first kappa shape index (κ1) is 15.3. The first-order valence-corrected chi connectivity index (χ1v) is 7.10. The van der Waals surface area contributed by atoms with Crippen LogP contribution < -0.4 is 5.32 Å². The van der Waals surface area contributed by atoms with E-state index < -0.39 is 0 Å². The van der Waals surface area contributed by atoms with Crippen molar-refractivity contribution in [3.05, 3.63) is 71.8 Å². The molecule has 110 valence electrons. The number of ether oxygens (including phenoxy) is 1. The highest BCUT2D eigenvalue weighted by Gasteiger charge is 2.22. The van der Waals surface area contributed by atoms with Gasteiger partial charge in [0.15, 0.2) is 0 Å². The standard InChI is InChI=1S/C18H21NO2/c1-14(19-17(20)13-21-2)18(15-9-5-3-6-10-15)16-11-7-4-8-12-16/h3-12,14,18H,13H2,1-2H3,(H,19,20). The van der Waals surface area contributed by atoms with Gasteiger partial charge >= 0.3 is 0 Å². The molecule has 2 aromatic rings. The molecule has 3 nitrogen and oxygen atoms in total. The molecule has 1 unspecified atom stereocenters. The maximum atomic E-state index is 11.8. The monoisotopic (exact) mass is 283 g/mol. The number of hydrogen-bond acceptors (Lipinski definition) is 2. The Balaban J connectivity index is 2.26. The van der Waals surface area contributed by atoms with Crippen LogP contribution in [0.4, 0.5) is 0 Å². The van der Waals surface area contributed by atoms with Crippen LogP contribution in [0.2, 0.25) is 0 Å². The molecule has 0 aliphatic carbocycles. The van der Waals surface area contributed by atoms with Crippen molar-refractivity contribution < 1.29 is 9.53 Å². The molecule has 3 heteroatoms. The number of benzene rings is 2. The van der Waals surface area contributed by atoms with Gasteiger partial charge in [0, 0.05) is 19.1 Å². The van der Waals surface area contributed by atoms with Gasteiger partial charge in [0.1, 0.15) is 6.61 Å². The van der Waals surface area contributed by atoms with Crippen LogP contribution in [0.25, 0.3) is 0 Å². The second-order valence-electron chi connectivity index (χ2n) is 5.09. The van der Waals surface area contributed by atoms with Gasteiger partial charge in [-0.2, -0.15) is 0 Å². The Bertz CT molecular complexity index is 514. The van der Waals surface area contributed by atoms with Crippen molar-refractivity contribution in [3.63, 3.8) is 0 Å². The maximum Gasteiger partial charge on any atom is 0.246 e. The highest BCUT2D eigenvalue weighted by Crippen LogP contribution is 2.27.